The summed E-state index contributed by atoms with van der Waals surface area (Å²) < 4.78 is 15.9. The average molecular weight is 342 g/mol. The van der Waals surface area contributed by atoms with E-state index in [1.54, 1.807) is 17.2 Å². The second-order valence-corrected chi connectivity index (χ2v) is 6.16. The van der Waals surface area contributed by atoms with Crippen LogP contribution in [0.3, 0.4) is 0 Å². The SMILES string of the molecule is O=C(NCc1ccc2c(c1)OCO2)[C@H]1CC(=O)N(Cc2ccco2)C1. The van der Waals surface area contributed by atoms with E-state index in [4.69, 9.17) is 13.9 Å². The van der Waals surface area contributed by atoms with Gasteiger partial charge >= 0.3 is 0 Å². The van der Waals surface area contributed by atoms with Crippen molar-refractivity contribution < 1.29 is 23.5 Å². The number of amides is 2. The molecule has 7 nitrogen and oxygen atoms in total. The molecule has 2 aliphatic heterocycles. The Hall–Kier alpha value is -2.96. The Labute approximate surface area is 144 Å². The Balaban J connectivity index is 1.31. The first-order valence-corrected chi connectivity index (χ1v) is 8.15. The average Bonchev–Trinajstić information content (AvgIpc) is 3.34. The maximum Gasteiger partial charge on any atom is 0.231 e. The van der Waals surface area contributed by atoms with Gasteiger partial charge in [-0.25, -0.2) is 0 Å². The number of fused-ring (bicyclic) bond motifs is 1. The molecule has 130 valence electrons. The Morgan fingerprint density at radius 2 is 2.12 bits per heavy atom. The summed E-state index contributed by atoms with van der Waals surface area (Å²) in [6, 6.07) is 9.17. The summed E-state index contributed by atoms with van der Waals surface area (Å²) in [5, 5.41) is 2.89. The van der Waals surface area contributed by atoms with Crippen molar-refractivity contribution in [3.8, 4) is 11.5 Å². The first-order valence-electron chi connectivity index (χ1n) is 8.15. The van der Waals surface area contributed by atoms with Gasteiger partial charge in [0.25, 0.3) is 0 Å². The Kier molecular flexibility index (Phi) is 4.05. The summed E-state index contributed by atoms with van der Waals surface area (Å²) in [6.07, 6.45) is 1.80. The minimum atomic E-state index is -0.337. The van der Waals surface area contributed by atoms with Crippen LogP contribution in [0.5, 0.6) is 11.5 Å². The van der Waals surface area contributed by atoms with Crippen LogP contribution in [0.25, 0.3) is 0 Å². The standard InChI is InChI=1S/C18H18N2O5/c21-17-7-13(9-20(17)10-14-2-1-5-23-14)18(22)19-8-12-3-4-15-16(6-12)25-11-24-15/h1-6,13H,7-11H2,(H,19,22)/t13-/m0/s1. The van der Waals surface area contributed by atoms with Crippen molar-refractivity contribution in [1.29, 1.82) is 0 Å². The fourth-order valence-corrected chi connectivity index (χ4v) is 3.08. The lowest BCUT2D eigenvalue weighted by Gasteiger charge is -2.15. The number of carbonyl (C=O) groups excluding carboxylic acids is 2. The Morgan fingerprint density at radius 3 is 2.96 bits per heavy atom. The topological polar surface area (TPSA) is 81.0 Å². The second kappa shape index (κ2) is 6.51. The van der Waals surface area contributed by atoms with Crippen molar-refractivity contribution >= 4 is 11.8 Å². The van der Waals surface area contributed by atoms with E-state index < -0.39 is 0 Å². The summed E-state index contributed by atoms with van der Waals surface area (Å²) in [4.78, 5) is 26.1. The summed E-state index contributed by atoms with van der Waals surface area (Å²) >= 11 is 0. The summed E-state index contributed by atoms with van der Waals surface area (Å²) in [7, 11) is 0. The van der Waals surface area contributed by atoms with E-state index in [9.17, 15) is 9.59 Å². The molecule has 2 aliphatic rings. The zero-order valence-corrected chi connectivity index (χ0v) is 13.6. The van der Waals surface area contributed by atoms with Gasteiger partial charge in [0.2, 0.25) is 18.6 Å². The van der Waals surface area contributed by atoms with Gasteiger partial charge in [0.05, 0.1) is 18.7 Å². The number of likely N-dealkylation sites (tertiary alicyclic amines) is 1. The van der Waals surface area contributed by atoms with Crippen LogP contribution in [-0.4, -0.2) is 30.1 Å². The number of hydrogen-bond donors (Lipinski definition) is 1. The second-order valence-electron chi connectivity index (χ2n) is 6.16. The lowest BCUT2D eigenvalue weighted by Crippen LogP contribution is -2.32. The van der Waals surface area contributed by atoms with Crippen LogP contribution in [0.4, 0.5) is 0 Å². The zero-order valence-electron chi connectivity index (χ0n) is 13.6. The van der Waals surface area contributed by atoms with Crippen LogP contribution < -0.4 is 14.8 Å². The highest BCUT2D eigenvalue weighted by Crippen LogP contribution is 2.32. The largest absolute Gasteiger partial charge is 0.467 e. The fourth-order valence-electron chi connectivity index (χ4n) is 3.08. The molecule has 0 aliphatic carbocycles. The molecule has 7 heteroatoms. The van der Waals surface area contributed by atoms with Crippen molar-refractivity contribution in [2.75, 3.05) is 13.3 Å². The van der Waals surface area contributed by atoms with Gasteiger partial charge in [0, 0.05) is 19.5 Å². The van der Waals surface area contributed by atoms with Crippen LogP contribution in [-0.2, 0) is 22.7 Å². The number of furan rings is 1. The van der Waals surface area contributed by atoms with E-state index in [2.05, 4.69) is 5.32 Å². The van der Waals surface area contributed by atoms with Crippen LogP contribution in [0.2, 0.25) is 0 Å². The molecule has 0 radical (unpaired) electrons. The van der Waals surface area contributed by atoms with E-state index in [0.717, 1.165) is 11.3 Å². The molecule has 1 saturated heterocycles. The smallest absolute Gasteiger partial charge is 0.231 e. The minimum absolute atomic E-state index is 0.0281. The van der Waals surface area contributed by atoms with E-state index >= 15 is 0 Å². The number of nitrogens with zero attached hydrogens (tertiary/aromatic N) is 1. The lowest BCUT2D eigenvalue weighted by molar-refractivity contribution is -0.129. The van der Waals surface area contributed by atoms with Gasteiger partial charge in [-0.05, 0) is 29.8 Å². The Bertz CT molecular complexity index is 787. The third kappa shape index (κ3) is 3.31. The van der Waals surface area contributed by atoms with E-state index in [1.165, 1.54) is 0 Å². The lowest BCUT2D eigenvalue weighted by atomic mass is 10.1. The summed E-state index contributed by atoms with van der Waals surface area (Å²) in [5.74, 6) is 1.64. The van der Waals surface area contributed by atoms with Gasteiger partial charge in [-0.1, -0.05) is 6.07 Å². The summed E-state index contributed by atoms with van der Waals surface area (Å²) in [5.41, 5.74) is 0.925. The molecular weight excluding hydrogens is 324 g/mol. The number of carbonyl (C=O) groups is 2. The van der Waals surface area contributed by atoms with Crippen molar-refractivity contribution in [1.82, 2.24) is 10.2 Å². The molecule has 0 bridgehead atoms. The molecule has 3 heterocycles. The van der Waals surface area contributed by atoms with Crippen molar-refractivity contribution in [2.45, 2.75) is 19.5 Å². The molecule has 2 amide bonds. The highest BCUT2D eigenvalue weighted by atomic mass is 16.7. The molecule has 1 fully saturated rings. The molecule has 1 N–H and O–H groups in total. The quantitative estimate of drug-likeness (QED) is 0.894. The van der Waals surface area contributed by atoms with Gasteiger partial charge in [-0.3, -0.25) is 9.59 Å². The highest BCUT2D eigenvalue weighted by molar-refractivity contribution is 5.89. The van der Waals surface area contributed by atoms with Crippen LogP contribution in [0.1, 0.15) is 17.7 Å². The van der Waals surface area contributed by atoms with Crippen molar-refractivity contribution in [2.24, 2.45) is 5.92 Å². The molecule has 2 aromatic rings. The highest BCUT2D eigenvalue weighted by Gasteiger charge is 2.34. The normalized spacial score (nSPS) is 18.6. The molecule has 25 heavy (non-hydrogen) atoms. The minimum Gasteiger partial charge on any atom is -0.467 e. The van der Waals surface area contributed by atoms with E-state index in [0.29, 0.717) is 31.1 Å². The van der Waals surface area contributed by atoms with Gasteiger partial charge in [0.15, 0.2) is 11.5 Å². The molecule has 1 aromatic carbocycles. The number of nitrogens with one attached hydrogen (secondary N) is 1. The fraction of sp³-hybridized carbons (Fsp3) is 0.333. The third-order valence-corrected chi connectivity index (χ3v) is 4.42. The number of ether oxygens (including phenoxy) is 2. The monoisotopic (exact) mass is 342 g/mol. The van der Waals surface area contributed by atoms with Crippen LogP contribution >= 0.6 is 0 Å². The van der Waals surface area contributed by atoms with Crippen molar-refractivity contribution in [3.05, 3.63) is 47.9 Å². The first-order chi connectivity index (χ1) is 12.2. The predicted molar refractivity (Wildman–Crippen MR) is 86.6 cm³/mol. The van der Waals surface area contributed by atoms with Gasteiger partial charge in [-0.15, -0.1) is 0 Å². The van der Waals surface area contributed by atoms with Crippen LogP contribution in [0, 0.1) is 5.92 Å². The first kappa shape index (κ1) is 15.6. The number of rotatable bonds is 5. The maximum atomic E-state index is 12.4. The van der Waals surface area contributed by atoms with E-state index in [1.807, 2.05) is 24.3 Å². The Morgan fingerprint density at radius 1 is 1.24 bits per heavy atom. The number of hydrogen-bond acceptors (Lipinski definition) is 5. The van der Waals surface area contributed by atoms with Crippen molar-refractivity contribution in [3.63, 3.8) is 0 Å². The maximum absolute atomic E-state index is 12.4. The van der Waals surface area contributed by atoms with Gasteiger partial charge in [-0.2, -0.15) is 0 Å². The molecule has 0 saturated carbocycles. The molecule has 0 unspecified atom stereocenters. The molecule has 1 aromatic heterocycles. The molecule has 4 rings (SSSR count). The molecule has 0 spiro atoms. The summed E-state index contributed by atoms with van der Waals surface area (Å²) in [6.45, 7) is 1.42. The van der Waals surface area contributed by atoms with Gasteiger partial charge in [0.1, 0.15) is 5.76 Å². The van der Waals surface area contributed by atoms with E-state index in [-0.39, 0.29) is 30.9 Å². The molecule has 1 atom stereocenters. The van der Waals surface area contributed by atoms with Crippen LogP contribution in [0.15, 0.2) is 41.0 Å². The predicted octanol–water partition coefficient (Wildman–Crippen LogP) is 1.67. The van der Waals surface area contributed by atoms with Gasteiger partial charge < -0.3 is 24.1 Å². The molecular formula is C18H18N2O5. The number of benzene rings is 1. The third-order valence-electron chi connectivity index (χ3n) is 4.42. The zero-order chi connectivity index (χ0) is 17.2.